The molecule has 80 valence electrons. The van der Waals surface area contributed by atoms with Crippen LogP contribution in [0.3, 0.4) is 0 Å². The Hall–Kier alpha value is -0.390. The first-order valence-electron chi connectivity index (χ1n) is 4.15. The van der Waals surface area contributed by atoms with E-state index in [1.807, 2.05) is 20.8 Å². The highest BCUT2D eigenvalue weighted by atomic mass is 35.5. The first-order valence-corrected chi connectivity index (χ1v) is 5.68. The molecule has 0 saturated heterocycles. The molecule has 0 aliphatic carbocycles. The molecule has 1 heterocycles. The molecule has 1 aromatic rings. The Morgan fingerprint density at radius 1 is 1.64 bits per heavy atom. The van der Waals surface area contributed by atoms with E-state index >= 15 is 0 Å². The van der Waals surface area contributed by atoms with E-state index in [2.05, 4.69) is 9.71 Å². The Labute approximate surface area is 90.6 Å². The lowest BCUT2D eigenvalue weighted by Crippen LogP contribution is -2.32. The molecule has 0 aromatic carbocycles. The molecule has 0 aliphatic rings. The lowest BCUT2D eigenvalue weighted by molar-refractivity contribution is 0.499. The number of oxazole rings is 1. The molecule has 1 rings (SSSR count). The van der Waals surface area contributed by atoms with Crippen molar-refractivity contribution in [2.75, 3.05) is 0 Å². The lowest BCUT2D eigenvalue weighted by Gasteiger charge is -2.17. The Bertz CT molecular complexity index is 332. The third-order valence-electron chi connectivity index (χ3n) is 1.46. The second kappa shape index (κ2) is 4.42. The predicted octanol–water partition coefficient (Wildman–Crippen LogP) is 1.88. The van der Waals surface area contributed by atoms with Gasteiger partial charge in [0, 0.05) is 0 Å². The summed E-state index contributed by atoms with van der Waals surface area (Å²) >= 11 is 5.48. The minimum atomic E-state index is -1.11. The molecular formula is C8H13ClN2O2S. The molecule has 6 heteroatoms. The van der Waals surface area contributed by atoms with Crippen LogP contribution in [0.4, 0.5) is 0 Å². The standard InChI is InChI=1S/C8H13ClN2O2S/c1-8(2,3)14(12)11-5-6-4-10-7(9)13-6/h4,11H,5H2,1-3H3. The zero-order chi connectivity index (χ0) is 10.8. The fourth-order valence-corrected chi connectivity index (χ4v) is 1.57. The van der Waals surface area contributed by atoms with Gasteiger partial charge in [0.05, 0.1) is 28.5 Å². The van der Waals surface area contributed by atoms with Crippen molar-refractivity contribution in [3.05, 3.63) is 17.3 Å². The van der Waals surface area contributed by atoms with Crippen LogP contribution in [0.1, 0.15) is 26.5 Å². The summed E-state index contributed by atoms with van der Waals surface area (Å²) in [5.41, 5.74) is 0. The largest absolute Gasteiger partial charge is 0.431 e. The SMILES string of the molecule is CC(C)(C)S(=O)NCc1cnc(Cl)o1. The third kappa shape index (κ3) is 3.40. The molecule has 0 saturated carbocycles. The number of nitrogens with zero attached hydrogens (tertiary/aromatic N) is 1. The van der Waals surface area contributed by atoms with Gasteiger partial charge in [-0.05, 0) is 32.4 Å². The van der Waals surface area contributed by atoms with E-state index in [1.54, 1.807) is 0 Å². The van der Waals surface area contributed by atoms with Gasteiger partial charge in [-0.15, -0.1) is 0 Å². The maximum atomic E-state index is 11.5. The van der Waals surface area contributed by atoms with Crippen molar-refractivity contribution in [3.63, 3.8) is 0 Å². The van der Waals surface area contributed by atoms with E-state index < -0.39 is 11.0 Å². The maximum absolute atomic E-state index is 11.5. The number of halogens is 1. The molecule has 1 unspecified atom stereocenters. The molecule has 4 nitrogen and oxygen atoms in total. The van der Waals surface area contributed by atoms with Gasteiger partial charge in [0.1, 0.15) is 5.76 Å². The van der Waals surface area contributed by atoms with Gasteiger partial charge >= 0.3 is 0 Å². The second-order valence-electron chi connectivity index (χ2n) is 3.78. The molecule has 1 aromatic heterocycles. The summed E-state index contributed by atoms with van der Waals surface area (Å²) < 4.78 is 19.1. The van der Waals surface area contributed by atoms with Crippen LogP contribution < -0.4 is 4.72 Å². The monoisotopic (exact) mass is 236 g/mol. The van der Waals surface area contributed by atoms with Crippen molar-refractivity contribution in [2.24, 2.45) is 0 Å². The number of aromatic nitrogens is 1. The van der Waals surface area contributed by atoms with Crippen molar-refractivity contribution in [1.82, 2.24) is 9.71 Å². The van der Waals surface area contributed by atoms with E-state index in [1.165, 1.54) is 6.20 Å². The van der Waals surface area contributed by atoms with Gasteiger partial charge in [-0.3, -0.25) is 0 Å². The van der Waals surface area contributed by atoms with Crippen molar-refractivity contribution in [2.45, 2.75) is 32.1 Å². The summed E-state index contributed by atoms with van der Waals surface area (Å²) in [5.74, 6) is 0.576. The average molecular weight is 237 g/mol. The van der Waals surface area contributed by atoms with Gasteiger partial charge in [0.15, 0.2) is 0 Å². The Balaban J connectivity index is 2.46. The van der Waals surface area contributed by atoms with Crippen LogP contribution in [-0.2, 0) is 17.5 Å². The van der Waals surface area contributed by atoms with Crippen LogP contribution in [-0.4, -0.2) is 13.9 Å². The molecule has 0 aliphatic heterocycles. The lowest BCUT2D eigenvalue weighted by atomic mass is 10.3. The van der Waals surface area contributed by atoms with Crippen LogP contribution in [0, 0.1) is 0 Å². The molecule has 0 bridgehead atoms. The van der Waals surface area contributed by atoms with Gasteiger partial charge in [0.2, 0.25) is 0 Å². The summed E-state index contributed by atoms with van der Waals surface area (Å²) in [6.07, 6.45) is 1.51. The topological polar surface area (TPSA) is 55.1 Å². The third-order valence-corrected chi connectivity index (χ3v) is 3.15. The summed E-state index contributed by atoms with van der Waals surface area (Å²) in [6, 6.07) is 0. The van der Waals surface area contributed by atoms with Crippen molar-refractivity contribution in [3.8, 4) is 0 Å². The maximum Gasteiger partial charge on any atom is 0.292 e. The van der Waals surface area contributed by atoms with Gasteiger partial charge in [0.25, 0.3) is 5.35 Å². The summed E-state index contributed by atoms with van der Waals surface area (Å²) in [5, 5.41) is 0.100. The summed E-state index contributed by atoms with van der Waals surface area (Å²) in [6.45, 7) is 6.04. The van der Waals surface area contributed by atoms with Crippen molar-refractivity contribution in [1.29, 1.82) is 0 Å². The van der Waals surface area contributed by atoms with Crippen LogP contribution in [0.5, 0.6) is 0 Å². The molecule has 14 heavy (non-hydrogen) atoms. The Morgan fingerprint density at radius 2 is 2.29 bits per heavy atom. The summed E-state index contributed by atoms with van der Waals surface area (Å²) in [7, 11) is -1.11. The van der Waals surface area contributed by atoms with E-state index in [4.69, 9.17) is 16.0 Å². The molecule has 1 atom stereocenters. The fraction of sp³-hybridized carbons (Fsp3) is 0.625. The van der Waals surface area contributed by atoms with Gasteiger partial charge in [-0.2, -0.15) is 0 Å². The zero-order valence-corrected chi connectivity index (χ0v) is 9.91. The quantitative estimate of drug-likeness (QED) is 0.872. The van der Waals surface area contributed by atoms with Crippen molar-refractivity contribution < 1.29 is 8.63 Å². The fourth-order valence-electron chi connectivity index (χ4n) is 0.719. The van der Waals surface area contributed by atoms with Gasteiger partial charge in [-0.25, -0.2) is 13.9 Å². The zero-order valence-electron chi connectivity index (χ0n) is 8.33. The van der Waals surface area contributed by atoms with Crippen LogP contribution >= 0.6 is 11.6 Å². The highest BCUT2D eigenvalue weighted by molar-refractivity contribution is 7.84. The highest BCUT2D eigenvalue weighted by Gasteiger charge is 2.19. The number of rotatable bonds is 3. The number of hydrogen-bond donors (Lipinski definition) is 1. The minimum Gasteiger partial charge on any atom is -0.431 e. The van der Waals surface area contributed by atoms with E-state index in [0.29, 0.717) is 12.3 Å². The Kier molecular flexibility index (Phi) is 3.69. The number of nitrogens with one attached hydrogen (secondary N) is 1. The molecule has 0 fully saturated rings. The van der Waals surface area contributed by atoms with Crippen LogP contribution in [0.15, 0.2) is 10.6 Å². The first-order chi connectivity index (χ1) is 6.39. The van der Waals surface area contributed by atoms with Crippen LogP contribution in [0.2, 0.25) is 5.35 Å². The van der Waals surface area contributed by atoms with Gasteiger partial charge in [-0.1, -0.05) is 0 Å². The smallest absolute Gasteiger partial charge is 0.292 e. The van der Waals surface area contributed by atoms with Crippen LogP contribution in [0.25, 0.3) is 0 Å². The van der Waals surface area contributed by atoms with E-state index in [9.17, 15) is 4.21 Å². The normalized spacial score (nSPS) is 14.3. The Morgan fingerprint density at radius 3 is 2.71 bits per heavy atom. The van der Waals surface area contributed by atoms with E-state index in [-0.39, 0.29) is 10.1 Å². The molecule has 0 spiro atoms. The second-order valence-corrected chi connectivity index (χ2v) is 6.16. The molecule has 0 amide bonds. The molecule has 0 radical (unpaired) electrons. The molecule has 1 N–H and O–H groups in total. The predicted molar refractivity (Wildman–Crippen MR) is 56.2 cm³/mol. The van der Waals surface area contributed by atoms with Crippen molar-refractivity contribution >= 4 is 22.6 Å². The molecular weight excluding hydrogens is 224 g/mol. The average Bonchev–Trinajstić information content (AvgIpc) is 2.45. The van der Waals surface area contributed by atoms with Gasteiger partial charge < -0.3 is 4.42 Å². The summed E-state index contributed by atoms with van der Waals surface area (Å²) in [4.78, 5) is 3.72. The highest BCUT2D eigenvalue weighted by Crippen LogP contribution is 2.11. The minimum absolute atomic E-state index is 0.100. The van der Waals surface area contributed by atoms with E-state index in [0.717, 1.165) is 0 Å². The first kappa shape index (κ1) is 11.7. The number of hydrogen-bond acceptors (Lipinski definition) is 3.